The molecule has 0 spiro atoms. The summed E-state index contributed by atoms with van der Waals surface area (Å²) >= 11 is 5.62. The molecular formula is C10H13ClN4O2. The van der Waals surface area contributed by atoms with Gasteiger partial charge in [-0.1, -0.05) is 0 Å². The van der Waals surface area contributed by atoms with Crippen molar-refractivity contribution in [3.63, 3.8) is 0 Å². The van der Waals surface area contributed by atoms with E-state index >= 15 is 0 Å². The predicted molar refractivity (Wildman–Crippen MR) is 62.6 cm³/mol. The summed E-state index contributed by atoms with van der Waals surface area (Å²) in [6.07, 6.45) is 2.47. The maximum Gasteiger partial charge on any atom is 0.245 e. The standard InChI is InChI=1S/C10H13ClN4O2/c11-9-13-4-1-7(15-9)14-8(16)10(12)2-5-17-6-3-10/h1,4H,2-3,5-6,12H2,(H,13,14,15,16). The van der Waals surface area contributed by atoms with Crippen LogP contribution in [0.25, 0.3) is 0 Å². The Kier molecular flexibility index (Phi) is 3.56. The predicted octanol–water partition coefficient (Wildman–Crippen LogP) is 0.576. The number of hydrogen-bond donors (Lipinski definition) is 2. The molecule has 0 saturated carbocycles. The summed E-state index contributed by atoms with van der Waals surface area (Å²) < 4.78 is 5.18. The fourth-order valence-electron chi connectivity index (χ4n) is 1.61. The van der Waals surface area contributed by atoms with Gasteiger partial charge in [-0.25, -0.2) is 9.97 Å². The van der Waals surface area contributed by atoms with Gasteiger partial charge in [-0.05, 0) is 30.5 Å². The van der Waals surface area contributed by atoms with E-state index in [2.05, 4.69) is 15.3 Å². The summed E-state index contributed by atoms with van der Waals surface area (Å²) in [5.74, 6) is 0.0851. The van der Waals surface area contributed by atoms with Crippen LogP contribution in [-0.2, 0) is 9.53 Å². The number of aromatic nitrogens is 2. The van der Waals surface area contributed by atoms with Crippen LogP contribution in [0, 0.1) is 0 Å². The number of nitrogens with one attached hydrogen (secondary N) is 1. The molecule has 1 fully saturated rings. The van der Waals surface area contributed by atoms with Gasteiger partial charge in [0.1, 0.15) is 11.4 Å². The van der Waals surface area contributed by atoms with Gasteiger partial charge >= 0.3 is 0 Å². The largest absolute Gasteiger partial charge is 0.381 e. The second-order valence-electron chi connectivity index (χ2n) is 3.93. The van der Waals surface area contributed by atoms with Crippen LogP contribution in [0.3, 0.4) is 0 Å². The van der Waals surface area contributed by atoms with E-state index < -0.39 is 5.54 Å². The van der Waals surface area contributed by atoms with E-state index in [-0.39, 0.29) is 11.2 Å². The summed E-state index contributed by atoms with van der Waals surface area (Å²) in [4.78, 5) is 19.6. The molecule has 0 aromatic carbocycles. The number of hydrogen-bond acceptors (Lipinski definition) is 5. The zero-order chi connectivity index (χ0) is 12.3. The number of carbonyl (C=O) groups excluding carboxylic acids is 1. The Balaban J connectivity index is 2.05. The third kappa shape index (κ3) is 2.91. The number of carbonyl (C=O) groups is 1. The van der Waals surface area contributed by atoms with Crippen molar-refractivity contribution >= 4 is 23.3 Å². The van der Waals surface area contributed by atoms with Gasteiger partial charge in [0.2, 0.25) is 11.2 Å². The van der Waals surface area contributed by atoms with Crippen LogP contribution in [0.2, 0.25) is 5.28 Å². The highest BCUT2D eigenvalue weighted by Gasteiger charge is 2.36. The quantitative estimate of drug-likeness (QED) is 0.756. The molecule has 92 valence electrons. The number of amides is 1. The Labute approximate surface area is 104 Å². The normalized spacial score (nSPS) is 18.7. The summed E-state index contributed by atoms with van der Waals surface area (Å²) in [6.45, 7) is 0.989. The van der Waals surface area contributed by atoms with Crippen molar-refractivity contribution in [2.75, 3.05) is 18.5 Å². The molecule has 1 aliphatic rings. The molecule has 1 aliphatic heterocycles. The molecule has 0 atom stereocenters. The van der Waals surface area contributed by atoms with Crippen molar-refractivity contribution in [2.24, 2.45) is 5.73 Å². The Bertz CT molecular complexity index is 421. The monoisotopic (exact) mass is 256 g/mol. The van der Waals surface area contributed by atoms with Crippen LogP contribution in [-0.4, -0.2) is 34.6 Å². The van der Waals surface area contributed by atoms with Gasteiger partial charge in [0.15, 0.2) is 0 Å². The summed E-state index contributed by atoms with van der Waals surface area (Å²) in [5, 5.41) is 2.72. The van der Waals surface area contributed by atoms with Crippen molar-refractivity contribution in [3.05, 3.63) is 17.5 Å². The van der Waals surface area contributed by atoms with Crippen molar-refractivity contribution in [2.45, 2.75) is 18.4 Å². The van der Waals surface area contributed by atoms with Crippen LogP contribution in [0.5, 0.6) is 0 Å². The van der Waals surface area contributed by atoms with Crippen molar-refractivity contribution in [3.8, 4) is 0 Å². The molecule has 0 aliphatic carbocycles. The molecule has 2 rings (SSSR count). The molecule has 0 unspecified atom stereocenters. The van der Waals surface area contributed by atoms with E-state index in [1.165, 1.54) is 6.20 Å². The molecule has 1 aromatic rings. The Hall–Kier alpha value is -1.24. The third-order valence-electron chi connectivity index (χ3n) is 2.71. The second-order valence-corrected chi connectivity index (χ2v) is 4.27. The van der Waals surface area contributed by atoms with Gasteiger partial charge in [0.05, 0.1) is 0 Å². The third-order valence-corrected chi connectivity index (χ3v) is 2.89. The highest BCUT2D eigenvalue weighted by molar-refractivity contribution is 6.28. The fraction of sp³-hybridized carbons (Fsp3) is 0.500. The lowest BCUT2D eigenvalue weighted by molar-refractivity contribution is -0.124. The molecule has 1 amide bonds. The van der Waals surface area contributed by atoms with Crippen molar-refractivity contribution in [1.82, 2.24) is 9.97 Å². The highest BCUT2D eigenvalue weighted by atomic mass is 35.5. The van der Waals surface area contributed by atoms with Gasteiger partial charge in [0.25, 0.3) is 0 Å². The Morgan fingerprint density at radius 3 is 2.88 bits per heavy atom. The van der Waals surface area contributed by atoms with Gasteiger partial charge in [-0.3, -0.25) is 4.79 Å². The van der Waals surface area contributed by atoms with Crippen LogP contribution < -0.4 is 11.1 Å². The lowest BCUT2D eigenvalue weighted by Gasteiger charge is -2.31. The van der Waals surface area contributed by atoms with Crippen LogP contribution >= 0.6 is 11.6 Å². The summed E-state index contributed by atoms with van der Waals surface area (Å²) in [5.41, 5.74) is 5.13. The molecule has 3 N–H and O–H groups in total. The molecule has 1 aromatic heterocycles. The average molecular weight is 257 g/mol. The number of ether oxygens (including phenoxy) is 1. The first kappa shape index (κ1) is 12.2. The van der Waals surface area contributed by atoms with Crippen LogP contribution in [0.15, 0.2) is 12.3 Å². The zero-order valence-electron chi connectivity index (χ0n) is 9.15. The number of anilines is 1. The van der Waals surface area contributed by atoms with Crippen molar-refractivity contribution in [1.29, 1.82) is 0 Å². The second kappa shape index (κ2) is 4.95. The van der Waals surface area contributed by atoms with Crippen LogP contribution in [0.4, 0.5) is 5.82 Å². The summed E-state index contributed by atoms with van der Waals surface area (Å²) in [7, 11) is 0. The first-order valence-corrected chi connectivity index (χ1v) is 5.65. The van der Waals surface area contributed by atoms with Crippen LogP contribution in [0.1, 0.15) is 12.8 Å². The first-order chi connectivity index (χ1) is 8.10. The van der Waals surface area contributed by atoms with E-state index in [0.717, 1.165) is 0 Å². The smallest absolute Gasteiger partial charge is 0.245 e. The average Bonchev–Trinajstić information content (AvgIpc) is 2.30. The summed E-state index contributed by atoms with van der Waals surface area (Å²) in [6, 6.07) is 1.56. The van der Waals surface area contributed by atoms with Gasteiger partial charge in [-0.2, -0.15) is 0 Å². The molecule has 0 bridgehead atoms. The highest BCUT2D eigenvalue weighted by Crippen LogP contribution is 2.19. The zero-order valence-corrected chi connectivity index (χ0v) is 9.91. The van der Waals surface area contributed by atoms with E-state index in [4.69, 9.17) is 22.1 Å². The molecule has 2 heterocycles. The Morgan fingerprint density at radius 1 is 1.53 bits per heavy atom. The molecular weight excluding hydrogens is 244 g/mol. The maximum atomic E-state index is 12.0. The number of rotatable bonds is 2. The number of nitrogens with two attached hydrogens (primary N) is 1. The molecule has 6 nitrogen and oxygen atoms in total. The lowest BCUT2D eigenvalue weighted by Crippen LogP contribution is -2.54. The van der Waals surface area contributed by atoms with E-state index in [0.29, 0.717) is 31.9 Å². The number of nitrogens with zero attached hydrogens (tertiary/aromatic N) is 2. The van der Waals surface area contributed by atoms with Gasteiger partial charge < -0.3 is 15.8 Å². The van der Waals surface area contributed by atoms with Crippen molar-refractivity contribution < 1.29 is 9.53 Å². The minimum absolute atomic E-state index is 0.0841. The molecule has 0 radical (unpaired) electrons. The van der Waals surface area contributed by atoms with E-state index in [9.17, 15) is 4.79 Å². The number of halogens is 1. The first-order valence-electron chi connectivity index (χ1n) is 5.27. The minimum atomic E-state index is -0.893. The minimum Gasteiger partial charge on any atom is -0.381 e. The fourth-order valence-corrected chi connectivity index (χ4v) is 1.76. The maximum absolute atomic E-state index is 12.0. The topological polar surface area (TPSA) is 90.1 Å². The SMILES string of the molecule is NC1(C(=O)Nc2ccnc(Cl)n2)CCOCC1. The Morgan fingerprint density at radius 2 is 2.24 bits per heavy atom. The lowest BCUT2D eigenvalue weighted by atomic mass is 9.90. The van der Waals surface area contributed by atoms with Gasteiger partial charge in [-0.15, -0.1) is 0 Å². The van der Waals surface area contributed by atoms with E-state index in [1.54, 1.807) is 6.07 Å². The van der Waals surface area contributed by atoms with E-state index in [1.807, 2.05) is 0 Å². The molecule has 17 heavy (non-hydrogen) atoms. The molecule has 1 saturated heterocycles. The van der Waals surface area contributed by atoms with Gasteiger partial charge in [0, 0.05) is 19.4 Å². The molecule has 7 heteroatoms.